The molecule has 1 aromatic heterocycles. The molecule has 0 saturated heterocycles. The van der Waals surface area contributed by atoms with E-state index in [0.29, 0.717) is 11.5 Å². The molecule has 2 aromatic rings. The number of furan rings is 1. The van der Waals surface area contributed by atoms with Gasteiger partial charge >= 0.3 is 7.12 Å². The fourth-order valence-electron chi connectivity index (χ4n) is 1.84. The minimum absolute atomic E-state index is 0.191. The Morgan fingerprint density at radius 1 is 1.25 bits per heavy atom. The summed E-state index contributed by atoms with van der Waals surface area (Å²) in [6.07, 6.45) is 1.01. The molecule has 2 rings (SSSR count). The van der Waals surface area contributed by atoms with Crippen LogP contribution in [0, 0.1) is 5.92 Å². The Kier molecular flexibility index (Phi) is 3.03. The summed E-state index contributed by atoms with van der Waals surface area (Å²) in [7, 11) is -1.54. The van der Waals surface area contributed by atoms with Crippen molar-refractivity contribution in [3.8, 4) is 0 Å². The van der Waals surface area contributed by atoms with E-state index in [4.69, 9.17) is 14.5 Å². The van der Waals surface area contributed by atoms with Gasteiger partial charge in [0.2, 0.25) is 0 Å². The highest BCUT2D eigenvalue weighted by atomic mass is 16.4. The van der Waals surface area contributed by atoms with Crippen molar-refractivity contribution in [2.75, 3.05) is 0 Å². The molecule has 0 aliphatic carbocycles. The minimum Gasteiger partial charge on any atom is -0.465 e. The highest BCUT2D eigenvalue weighted by Gasteiger charge is 2.16. The predicted molar refractivity (Wildman–Crippen MR) is 64.6 cm³/mol. The molecule has 0 radical (unpaired) electrons. The third kappa shape index (κ3) is 2.28. The molecule has 0 unspecified atom stereocenters. The Hall–Kier alpha value is -1.26. The molecule has 0 saturated carbocycles. The Morgan fingerprint density at radius 3 is 2.62 bits per heavy atom. The lowest BCUT2D eigenvalue weighted by Crippen LogP contribution is -2.27. The first-order valence-electron chi connectivity index (χ1n) is 5.45. The molecule has 0 fully saturated rings. The van der Waals surface area contributed by atoms with Crippen LogP contribution in [0.4, 0.5) is 0 Å². The Labute approximate surface area is 94.8 Å². The molecule has 16 heavy (non-hydrogen) atoms. The SMILES string of the molecule is CC(C)Cc1ccc2oc(B(O)O)cc2c1. The highest BCUT2D eigenvalue weighted by Crippen LogP contribution is 2.18. The van der Waals surface area contributed by atoms with E-state index < -0.39 is 7.12 Å². The summed E-state index contributed by atoms with van der Waals surface area (Å²) in [6.45, 7) is 4.34. The second-order valence-corrected chi connectivity index (χ2v) is 4.49. The monoisotopic (exact) mass is 218 g/mol. The van der Waals surface area contributed by atoms with Crippen molar-refractivity contribution in [3.05, 3.63) is 29.8 Å². The summed E-state index contributed by atoms with van der Waals surface area (Å²) in [5, 5.41) is 18.9. The molecule has 0 bridgehead atoms. The molecule has 3 nitrogen and oxygen atoms in total. The molecule has 84 valence electrons. The minimum atomic E-state index is -1.54. The number of hydrogen-bond donors (Lipinski definition) is 2. The van der Waals surface area contributed by atoms with E-state index in [1.165, 1.54) is 5.56 Å². The van der Waals surface area contributed by atoms with Crippen molar-refractivity contribution in [2.45, 2.75) is 20.3 Å². The van der Waals surface area contributed by atoms with E-state index in [1.807, 2.05) is 18.2 Å². The molecule has 4 heteroatoms. The molecule has 0 spiro atoms. The van der Waals surface area contributed by atoms with Gasteiger partial charge in [0.15, 0.2) is 0 Å². The average molecular weight is 218 g/mol. The largest absolute Gasteiger partial charge is 0.526 e. The van der Waals surface area contributed by atoms with Crippen molar-refractivity contribution < 1.29 is 14.5 Å². The summed E-state index contributed by atoms with van der Waals surface area (Å²) < 4.78 is 5.29. The zero-order valence-electron chi connectivity index (χ0n) is 9.47. The van der Waals surface area contributed by atoms with E-state index in [9.17, 15) is 0 Å². The van der Waals surface area contributed by atoms with E-state index in [1.54, 1.807) is 6.07 Å². The van der Waals surface area contributed by atoms with Crippen molar-refractivity contribution in [2.24, 2.45) is 5.92 Å². The topological polar surface area (TPSA) is 53.6 Å². The van der Waals surface area contributed by atoms with Crippen LogP contribution in [-0.4, -0.2) is 17.2 Å². The van der Waals surface area contributed by atoms with Gasteiger partial charge in [0.25, 0.3) is 0 Å². The lowest BCUT2D eigenvalue weighted by molar-refractivity contribution is 0.412. The fourth-order valence-corrected chi connectivity index (χ4v) is 1.84. The number of hydrogen-bond acceptors (Lipinski definition) is 3. The average Bonchev–Trinajstić information content (AvgIpc) is 2.59. The summed E-state index contributed by atoms with van der Waals surface area (Å²) in [4.78, 5) is 0. The van der Waals surface area contributed by atoms with Gasteiger partial charge in [0.05, 0.1) is 0 Å². The van der Waals surface area contributed by atoms with Crippen molar-refractivity contribution in [1.29, 1.82) is 0 Å². The smallest absolute Gasteiger partial charge is 0.465 e. The van der Waals surface area contributed by atoms with Gasteiger partial charge in [0.1, 0.15) is 11.2 Å². The van der Waals surface area contributed by atoms with Gasteiger partial charge in [-0.05, 0) is 36.1 Å². The lowest BCUT2D eigenvalue weighted by Gasteiger charge is -2.03. The van der Waals surface area contributed by atoms with Gasteiger partial charge in [-0.3, -0.25) is 0 Å². The normalized spacial score (nSPS) is 11.3. The van der Waals surface area contributed by atoms with Gasteiger partial charge in [-0.25, -0.2) is 0 Å². The van der Waals surface area contributed by atoms with Crippen molar-refractivity contribution in [1.82, 2.24) is 0 Å². The van der Waals surface area contributed by atoms with E-state index in [0.717, 1.165) is 11.8 Å². The quantitative estimate of drug-likeness (QED) is 0.763. The molecule has 2 N–H and O–H groups in total. The second-order valence-electron chi connectivity index (χ2n) is 4.49. The molecule has 0 aliphatic heterocycles. The summed E-state index contributed by atoms with van der Waals surface area (Å²) in [6, 6.07) is 7.59. The Morgan fingerprint density at radius 2 is 2.00 bits per heavy atom. The third-order valence-electron chi connectivity index (χ3n) is 2.50. The summed E-state index contributed by atoms with van der Waals surface area (Å²) in [5.41, 5.74) is 2.12. The van der Waals surface area contributed by atoms with E-state index >= 15 is 0 Å². The maximum absolute atomic E-state index is 9.00. The van der Waals surface area contributed by atoms with Gasteiger partial charge in [0, 0.05) is 5.39 Å². The standard InChI is InChI=1S/C12H15BO3/c1-8(2)5-9-3-4-11-10(6-9)7-12(16-11)13(14)15/h3-4,6-8,14-15H,5H2,1-2H3. The fraction of sp³-hybridized carbons (Fsp3) is 0.333. The maximum atomic E-state index is 9.00. The number of fused-ring (bicyclic) bond motifs is 1. The third-order valence-corrected chi connectivity index (χ3v) is 2.50. The molecular formula is C12H15BO3. The predicted octanol–water partition coefficient (Wildman–Crippen LogP) is 1.31. The molecule has 0 aliphatic rings. The number of rotatable bonds is 3. The first-order chi connectivity index (χ1) is 7.56. The first kappa shape index (κ1) is 11.2. The van der Waals surface area contributed by atoms with Crippen LogP contribution in [0.15, 0.2) is 28.7 Å². The first-order valence-corrected chi connectivity index (χ1v) is 5.45. The van der Waals surface area contributed by atoms with E-state index in [2.05, 4.69) is 13.8 Å². The molecule has 1 aromatic carbocycles. The van der Waals surface area contributed by atoms with Crippen LogP contribution < -0.4 is 5.66 Å². The second kappa shape index (κ2) is 4.32. The van der Waals surface area contributed by atoms with Crippen LogP contribution in [0.3, 0.4) is 0 Å². The van der Waals surface area contributed by atoms with Crippen LogP contribution in [0.1, 0.15) is 19.4 Å². The molecule has 1 heterocycles. The summed E-state index contributed by atoms with van der Waals surface area (Å²) >= 11 is 0. The molecular weight excluding hydrogens is 203 g/mol. The Balaban J connectivity index is 2.38. The van der Waals surface area contributed by atoms with Crippen LogP contribution in [0.25, 0.3) is 11.0 Å². The van der Waals surface area contributed by atoms with Crippen LogP contribution in [0.2, 0.25) is 0 Å². The van der Waals surface area contributed by atoms with Crippen LogP contribution in [0.5, 0.6) is 0 Å². The van der Waals surface area contributed by atoms with Gasteiger partial charge in [-0.2, -0.15) is 0 Å². The van der Waals surface area contributed by atoms with Crippen LogP contribution >= 0.6 is 0 Å². The molecule has 0 amide bonds. The van der Waals surface area contributed by atoms with Crippen molar-refractivity contribution in [3.63, 3.8) is 0 Å². The Bertz CT molecular complexity index is 488. The molecule has 0 atom stereocenters. The lowest BCUT2D eigenvalue weighted by atomic mass is 9.88. The zero-order chi connectivity index (χ0) is 11.7. The summed E-state index contributed by atoms with van der Waals surface area (Å²) in [5.74, 6) is 0.604. The number of benzene rings is 1. The van der Waals surface area contributed by atoms with Gasteiger partial charge < -0.3 is 14.5 Å². The van der Waals surface area contributed by atoms with Gasteiger partial charge in [-0.1, -0.05) is 19.9 Å². The maximum Gasteiger partial charge on any atom is 0.526 e. The van der Waals surface area contributed by atoms with E-state index in [-0.39, 0.29) is 5.66 Å². The van der Waals surface area contributed by atoms with Gasteiger partial charge in [-0.15, -0.1) is 0 Å². The highest BCUT2D eigenvalue weighted by molar-refractivity contribution is 6.57. The zero-order valence-corrected chi connectivity index (χ0v) is 9.47. The van der Waals surface area contributed by atoms with Crippen molar-refractivity contribution >= 4 is 23.7 Å². The van der Waals surface area contributed by atoms with Crippen LogP contribution in [-0.2, 0) is 6.42 Å².